The molecule has 3 aromatic rings. The summed E-state index contributed by atoms with van der Waals surface area (Å²) in [6.07, 6.45) is 1.61. The van der Waals surface area contributed by atoms with Crippen LogP contribution in [-0.2, 0) is 0 Å². The molecular weight excluding hydrogens is 342 g/mol. The number of hydrogen-bond acceptors (Lipinski definition) is 2. The lowest BCUT2D eigenvalue weighted by atomic mass is 10.0. The molecule has 0 aliphatic carbocycles. The molecule has 1 aromatic heterocycles. The highest BCUT2D eigenvalue weighted by Gasteiger charge is 2.20. The van der Waals surface area contributed by atoms with E-state index >= 15 is 0 Å². The van der Waals surface area contributed by atoms with Crippen molar-refractivity contribution in [1.82, 2.24) is 5.32 Å². The first-order valence-electron chi connectivity index (χ1n) is 6.89. The molecule has 3 nitrogen and oxygen atoms in total. The Bertz CT molecular complexity index is 754. The zero-order valence-corrected chi connectivity index (χ0v) is 13.3. The highest BCUT2D eigenvalue weighted by atomic mass is 79.9. The van der Waals surface area contributed by atoms with Crippen molar-refractivity contribution < 1.29 is 9.21 Å². The third-order valence-electron chi connectivity index (χ3n) is 3.35. The molecule has 2 aromatic carbocycles. The van der Waals surface area contributed by atoms with Crippen molar-refractivity contribution in [2.24, 2.45) is 0 Å². The SMILES string of the molecule is O=C(NC(c1ccccc1)c1ccco1)c1ccccc1Br. The van der Waals surface area contributed by atoms with Crippen molar-refractivity contribution in [2.45, 2.75) is 6.04 Å². The van der Waals surface area contributed by atoms with E-state index in [-0.39, 0.29) is 11.9 Å². The van der Waals surface area contributed by atoms with Gasteiger partial charge in [0.25, 0.3) is 5.91 Å². The third-order valence-corrected chi connectivity index (χ3v) is 4.05. The molecular formula is C18H14BrNO2. The van der Waals surface area contributed by atoms with Crippen LogP contribution in [0.1, 0.15) is 27.7 Å². The standard InChI is InChI=1S/C18H14BrNO2/c19-15-10-5-4-9-14(15)18(21)20-17(16-11-6-12-22-16)13-7-2-1-3-8-13/h1-12,17H,(H,20,21). The number of benzene rings is 2. The molecule has 0 radical (unpaired) electrons. The van der Waals surface area contributed by atoms with Crippen LogP contribution in [0, 0.1) is 0 Å². The molecule has 0 fully saturated rings. The van der Waals surface area contributed by atoms with Crippen molar-refractivity contribution >= 4 is 21.8 Å². The van der Waals surface area contributed by atoms with Gasteiger partial charge < -0.3 is 9.73 Å². The van der Waals surface area contributed by atoms with Gasteiger partial charge in [0.15, 0.2) is 0 Å². The first-order valence-corrected chi connectivity index (χ1v) is 7.69. The summed E-state index contributed by atoms with van der Waals surface area (Å²) in [4.78, 5) is 12.6. The second kappa shape index (κ2) is 6.62. The number of hydrogen-bond donors (Lipinski definition) is 1. The lowest BCUT2D eigenvalue weighted by molar-refractivity contribution is 0.0938. The van der Waals surface area contributed by atoms with Gasteiger partial charge in [0, 0.05) is 4.47 Å². The van der Waals surface area contributed by atoms with Gasteiger partial charge in [-0.2, -0.15) is 0 Å². The van der Waals surface area contributed by atoms with E-state index in [9.17, 15) is 4.79 Å². The van der Waals surface area contributed by atoms with Crippen LogP contribution in [0.25, 0.3) is 0 Å². The molecule has 1 atom stereocenters. The third kappa shape index (κ3) is 3.12. The summed E-state index contributed by atoms with van der Waals surface area (Å²) in [5.74, 6) is 0.546. The van der Waals surface area contributed by atoms with E-state index in [0.29, 0.717) is 11.3 Å². The average molecular weight is 356 g/mol. The Morgan fingerprint density at radius 2 is 1.68 bits per heavy atom. The zero-order valence-electron chi connectivity index (χ0n) is 11.7. The molecule has 22 heavy (non-hydrogen) atoms. The molecule has 0 aliphatic rings. The zero-order chi connectivity index (χ0) is 15.4. The van der Waals surface area contributed by atoms with Gasteiger partial charge in [-0.25, -0.2) is 0 Å². The summed E-state index contributed by atoms with van der Waals surface area (Å²) in [5, 5.41) is 3.03. The quantitative estimate of drug-likeness (QED) is 0.745. The van der Waals surface area contributed by atoms with Crippen LogP contribution in [0.5, 0.6) is 0 Å². The van der Waals surface area contributed by atoms with Gasteiger partial charge in [-0.3, -0.25) is 4.79 Å². The van der Waals surface area contributed by atoms with Crippen molar-refractivity contribution in [3.05, 3.63) is 94.4 Å². The topological polar surface area (TPSA) is 42.2 Å². The molecule has 0 saturated heterocycles. The lowest BCUT2D eigenvalue weighted by Gasteiger charge is -2.17. The lowest BCUT2D eigenvalue weighted by Crippen LogP contribution is -2.29. The van der Waals surface area contributed by atoms with Gasteiger partial charge in [-0.05, 0) is 45.8 Å². The first kappa shape index (κ1) is 14.6. The molecule has 0 bridgehead atoms. The summed E-state index contributed by atoms with van der Waals surface area (Å²) in [6.45, 7) is 0. The number of rotatable bonds is 4. The summed E-state index contributed by atoms with van der Waals surface area (Å²) >= 11 is 3.41. The molecule has 4 heteroatoms. The molecule has 0 spiro atoms. The van der Waals surface area contributed by atoms with E-state index in [1.807, 2.05) is 60.7 Å². The summed E-state index contributed by atoms with van der Waals surface area (Å²) in [7, 11) is 0. The van der Waals surface area contributed by atoms with E-state index in [0.717, 1.165) is 10.0 Å². The van der Waals surface area contributed by atoms with Crippen LogP contribution in [0.2, 0.25) is 0 Å². The highest BCUT2D eigenvalue weighted by Crippen LogP contribution is 2.24. The smallest absolute Gasteiger partial charge is 0.253 e. The Kier molecular flexibility index (Phi) is 4.39. The Hall–Kier alpha value is -2.33. The van der Waals surface area contributed by atoms with E-state index < -0.39 is 0 Å². The van der Waals surface area contributed by atoms with Crippen LogP contribution < -0.4 is 5.32 Å². The van der Waals surface area contributed by atoms with Crippen LogP contribution in [0.3, 0.4) is 0 Å². The number of nitrogens with one attached hydrogen (secondary N) is 1. The molecule has 1 N–H and O–H groups in total. The summed E-state index contributed by atoms with van der Waals surface area (Å²) in [5.41, 5.74) is 1.56. The molecule has 3 rings (SSSR count). The molecule has 1 amide bonds. The van der Waals surface area contributed by atoms with E-state index in [2.05, 4.69) is 21.2 Å². The minimum atomic E-state index is -0.323. The predicted octanol–water partition coefficient (Wildman–Crippen LogP) is 4.56. The Morgan fingerprint density at radius 3 is 2.36 bits per heavy atom. The second-order valence-corrected chi connectivity index (χ2v) is 5.67. The molecule has 1 heterocycles. The number of furan rings is 1. The summed E-state index contributed by atoms with van der Waals surface area (Å²) < 4.78 is 6.25. The molecule has 110 valence electrons. The predicted molar refractivity (Wildman–Crippen MR) is 88.6 cm³/mol. The number of amides is 1. The maximum Gasteiger partial charge on any atom is 0.253 e. The number of carbonyl (C=O) groups is 1. The number of carbonyl (C=O) groups excluding carboxylic acids is 1. The van der Waals surface area contributed by atoms with Crippen molar-refractivity contribution in [1.29, 1.82) is 0 Å². The minimum Gasteiger partial charge on any atom is -0.467 e. The van der Waals surface area contributed by atoms with Gasteiger partial charge in [0.2, 0.25) is 0 Å². The van der Waals surface area contributed by atoms with Crippen LogP contribution in [0.4, 0.5) is 0 Å². The fraction of sp³-hybridized carbons (Fsp3) is 0.0556. The normalized spacial score (nSPS) is 11.9. The average Bonchev–Trinajstić information content (AvgIpc) is 3.08. The maximum atomic E-state index is 12.6. The van der Waals surface area contributed by atoms with Gasteiger partial charge in [-0.15, -0.1) is 0 Å². The van der Waals surface area contributed by atoms with E-state index in [1.54, 1.807) is 12.3 Å². The first-order chi connectivity index (χ1) is 10.8. The van der Waals surface area contributed by atoms with E-state index in [1.165, 1.54) is 0 Å². The van der Waals surface area contributed by atoms with Crippen LogP contribution >= 0.6 is 15.9 Å². The van der Waals surface area contributed by atoms with Crippen molar-refractivity contribution in [3.63, 3.8) is 0 Å². The van der Waals surface area contributed by atoms with Crippen molar-refractivity contribution in [2.75, 3.05) is 0 Å². The minimum absolute atomic E-state index is 0.155. The van der Waals surface area contributed by atoms with Crippen LogP contribution in [-0.4, -0.2) is 5.91 Å². The fourth-order valence-electron chi connectivity index (χ4n) is 2.27. The van der Waals surface area contributed by atoms with Crippen molar-refractivity contribution in [3.8, 4) is 0 Å². The molecule has 1 unspecified atom stereocenters. The Labute approximate surface area is 137 Å². The van der Waals surface area contributed by atoms with E-state index in [4.69, 9.17) is 4.42 Å². The summed E-state index contributed by atoms with van der Waals surface area (Å²) in [6, 6.07) is 20.4. The highest BCUT2D eigenvalue weighted by molar-refractivity contribution is 9.10. The fourth-order valence-corrected chi connectivity index (χ4v) is 2.74. The Morgan fingerprint density at radius 1 is 0.955 bits per heavy atom. The van der Waals surface area contributed by atoms with Gasteiger partial charge in [-0.1, -0.05) is 42.5 Å². The Balaban J connectivity index is 1.91. The number of halogens is 1. The van der Waals surface area contributed by atoms with Gasteiger partial charge in [0.05, 0.1) is 11.8 Å². The largest absolute Gasteiger partial charge is 0.467 e. The monoisotopic (exact) mass is 355 g/mol. The molecule has 0 aliphatic heterocycles. The second-order valence-electron chi connectivity index (χ2n) is 4.81. The van der Waals surface area contributed by atoms with Gasteiger partial charge in [0.1, 0.15) is 11.8 Å². The van der Waals surface area contributed by atoms with Gasteiger partial charge >= 0.3 is 0 Å². The molecule has 0 saturated carbocycles. The van der Waals surface area contributed by atoms with Crippen LogP contribution in [0.15, 0.2) is 81.9 Å². The maximum absolute atomic E-state index is 12.6.